The number of carboxylic acid groups (broad SMARTS) is 1. The maximum Gasteiger partial charge on any atom is 0.337 e. The zero-order chi connectivity index (χ0) is 16.2. The van der Waals surface area contributed by atoms with Gasteiger partial charge in [-0.05, 0) is 29.5 Å². The molecule has 2 amide bonds. The maximum atomic E-state index is 11.9. The molecule has 0 aliphatic rings. The van der Waals surface area contributed by atoms with E-state index in [9.17, 15) is 9.59 Å². The van der Waals surface area contributed by atoms with E-state index in [2.05, 4.69) is 38.3 Å². The van der Waals surface area contributed by atoms with Gasteiger partial charge in [-0.25, -0.2) is 9.59 Å². The van der Waals surface area contributed by atoms with Crippen LogP contribution >= 0.6 is 11.6 Å². The van der Waals surface area contributed by atoms with E-state index in [4.69, 9.17) is 16.7 Å². The molecule has 0 aliphatic carbocycles. The van der Waals surface area contributed by atoms with Crippen molar-refractivity contribution in [2.75, 3.05) is 11.9 Å². The van der Waals surface area contributed by atoms with Crippen molar-refractivity contribution in [3.05, 3.63) is 28.8 Å². The predicted octanol–water partition coefficient (Wildman–Crippen LogP) is 3.84. The zero-order valence-corrected chi connectivity index (χ0v) is 13.4. The summed E-state index contributed by atoms with van der Waals surface area (Å²) < 4.78 is 0. The fourth-order valence-electron chi connectivity index (χ4n) is 1.48. The molecule has 1 aromatic rings. The third-order valence-electron chi connectivity index (χ3n) is 3.73. The van der Waals surface area contributed by atoms with Gasteiger partial charge in [-0.1, -0.05) is 39.3 Å². The topological polar surface area (TPSA) is 78.4 Å². The molecule has 0 saturated carbocycles. The summed E-state index contributed by atoms with van der Waals surface area (Å²) in [6, 6.07) is 3.87. The quantitative estimate of drug-likeness (QED) is 0.773. The molecule has 0 unspecified atom stereocenters. The molecular weight excluding hydrogens is 292 g/mol. The highest BCUT2D eigenvalue weighted by Gasteiger charge is 2.23. The van der Waals surface area contributed by atoms with E-state index in [0.717, 1.165) is 0 Å². The number of carbonyl (C=O) groups is 2. The van der Waals surface area contributed by atoms with Crippen LogP contribution in [0.15, 0.2) is 18.2 Å². The Labute approximate surface area is 129 Å². The number of carboxylic acids is 1. The van der Waals surface area contributed by atoms with E-state index in [1.54, 1.807) is 0 Å². The van der Waals surface area contributed by atoms with Crippen LogP contribution in [0.4, 0.5) is 10.5 Å². The molecule has 0 heterocycles. The highest BCUT2D eigenvalue weighted by Crippen LogP contribution is 2.25. The molecule has 6 heteroatoms. The minimum Gasteiger partial charge on any atom is -0.478 e. The van der Waals surface area contributed by atoms with Gasteiger partial charge in [0.05, 0.1) is 11.3 Å². The second-order valence-electron chi connectivity index (χ2n) is 5.95. The molecule has 0 aromatic heterocycles. The fraction of sp³-hybridized carbons (Fsp3) is 0.467. The average molecular weight is 313 g/mol. The number of amides is 2. The SMILES string of the molecule is CC(C)C(C)(C)CNC(=O)Nc1ccc(Cl)cc1C(=O)O. The number of urea groups is 1. The lowest BCUT2D eigenvalue weighted by Crippen LogP contribution is -2.39. The Morgan fingerprint density at radius 3 is 2.48 bits per heavy atom. The first-order valence-electron chi connectivity index (χ1n) is 6.71. The molecule has 0 fully saturated rings. The van der Waals surface area contributed by atoms with Crippen LogP contribution in [0.2, 0.25) is 5.02 Å². The van der Waals surface area contributed by atoms with E-state index in [1.807, 2.05) is 0 Å². The van der Waals surface area contributed by atoms with Crippen molar-refractivity contribution in [3.8, 4) is 0 Å². The first-order valence-corrected chi connectivity index (χ1v) is 7.09. The summed E-state index contributed by atoms with van der Waals surface area (Å²) in [5.74, 6) is -0.738. The Bertz CT molecular complexity index is 542. The lowest BCUT2D eigenvalue weighted by atomic mass is 9.81. The molecule has 3 N–H and O–H groups in total. The molecule has 0 saturated heterocycles. The molecule has 1 aromatic carbocycles. The van der Waals surface area contributed by atoms with E-state index in [-0.39, 0.29) is 16.7 Å². The third-order valence-corrected chi connectivity index (χ3v) is 3.96. The number of anilines is 1. The predicted molar refractivity (Wildman–Crippen MR) is 84.1 cm³/mol. The van der Waals surface area contributed by atoms with Gasteiger partial charge in [-0.15, -0.1) is 0 Å². The summed E-state index contributed by atoms with van der Waals surface area (Å²) in [7, 11) is 0. The van der Waals surface area contributed by atoms with Gasteiger partial charge in [0.2, 0.25) is 0 Å². The van der Waals surface area contributed by atoms with Crippen LogP contribution in [0.3, 0.4) is 0 Å². The monoisotopic (exact) mass is 312 g/mol. The van der Waals surface area contributed by atoms with Crippen LogP contribution in [0.25, 0.3) is 0 Å². The van der Waals surface area contributed by atoms with Gasteiger partial charge in [0.15, 0.2) is 0 Å². The van der Waals surface area contributed by atoms with Crippen molar-refractivity contribution in [2.24, 2.45) is 11.3 Å². The van der Waals surface area contributed by atoms with Crippen LogP contribution < -0.4 is 10.6 Å². The van der Waals surface area contributed by atoms with E-state index in [1.165, 1.54) is 18.2 Å². The van der Waals surface area contributed by atoms with Crippen molar-refractivity contribution in [1.82, 2.24) is 5.32 Å². The van der Waals surface area contributed by atoms with Crippen LogP contribution in [-0.4, -0.2) is 23.7 Å². The number of benzene rings is 1. The van der Waals surface area contributed by atoms with Gasteiger partial charge in [0, 0.05) is 11.6 Å². The average Bonchev–Trinajstić information content (AvgIpc) is 2.38. The highest BCUT2D eigenvalue weighted by atomic mass is 35.5. The molecule has 0 spiro atoms. The van der Waals surface area contributed by atoms with Gasteiger partial charge in [-0.3, -0.25) is 0 Å². The normalized spacial score (nSPS) is 11.3. The number of rotatable bonds is 5. The van der Waals surface area contributed by atoms with Crippen LogP contribution in [0, 0.1) is 11.3 Å². The molecule has 0 bridgehead atoms. The van der Waals surface area contributed by atoms with Crippen molar-refractivity contribution < 1.29 is 14.7 Å². The van der Waals surface area contributed by atoms with Crippen LogP contribution in [-0.2, 0) is 0 Å². The number of hydrogen-bond donors (Lipinski definition) is 3. The summed E-state index contributed by atoms with van der Waals surface area (Å²) in [6.07, 6.45) is 0. The molecule has 0 atom stereocenters. The zero-order valence-electron chi connectivity index (χ0n) is 12.7. The first-order chi connectivity index (χ1) is 9.63. The molecule has 0 aliphatic heterocycles. The fourth-order valence-corrected chi connectivity index (χ4v) is 1.65. The van der Waals surface area contributed by atoms with Crippen molar-refractivity contribution in [1.29, 1.82) is 0 Å². The lowest BCUT2D eigenvalue weighted by Gasteiger charge is -2.29. The molecule has 1 rings (SSSR count). The second kappa shape index (κ2) is 6.80. The van der Waals surface area contributed by atoms with Crippen molar-refractivity contribution >= 4 is 29.3 Å². The van der Waals surface area contributed by atoms with Crippen molar-refractivity contribution in [2.45, 2.75) is 27.7 Å². The summed E-state index contributed by atoms with van der Waals surface area (Å²) in [5.41, 5.74) is 0.125. The summed E-state index contributed by atoms with van der Waals surface area (Å²) in [5, 5.41) is 14.7. The molecule has 116 valence electrons. The standard InChI is InChI=1S/C15H21ClN2O3/c1-9(2)15(3,4)8-17-14(21)18-12-6-5-10(16)7-11(12)13(19)20/h5-7,9H,8H2,1-4H3,(H,19,20)(H2,17,18,21). The molecule has 21 heavy (non-hydrogen) atoms. The number of aromatic carboxylic acids is 1. The second-order valence-corrected chi connectivity index (χ2v) is 6.38. The smallest absolute Gasteiger partial charge is 0.337 e. The number of carbonyl (C=O) groups excluding carboxylic acids is 1. The van der Waals surface area contributed by atoms with E-state index >= 15 is 0 Å². The number of hydrogen-bond acceptors (Lipinski definition) is 2. The Morgan fingerprint density at radius 2 is 1.95 bits per heavy atom. The minimum atomic E-state index is -1.14. The van der Waals surface area contributed by atoms with E-state index < -0.39 is 12.0 Å². The summed E-state index contributed by atoms with van der Waals surface area (Å²) in [4.78, 5) is 23.0. The van der Waals surface area contributed by atoms with Gasteiger partial charge >= 0.3 is 12.0 Å². The Kier molecular flexibility index (Phi) is 5.61. The summed E-state index contributed by atoms with van der Waals surface area (Å²) >= 11 is 5.76. The molecule has 0 radical (unpaired) electrons. The molecule has 5 nitrogen and oxygen atoms in total. The maximum absolute atomic E-state index is 11.9. The third kappa shape index (κ3) is 4.93. The van der Waals surface area contributed by atoms with Crippen LogP contribution in [0.5, 0.6) is 0 Å². The number of nitrogens with one attached hydrogen (secondary N) is 2. The lowest BCUT2D eigenvalue weighted by molar-refractivity contribution is 0.0698. The largest absolute Gasteiger partial charge is 0.478 e. The Hall–Kier alpha value is -1.75. The number of halogens is 1. The van der Waals surface area contributed by atoms with Gasteiger partial charge in [-0.2, -0.15) is 0 Å². The molecular formula is C15H21ClN2O3. The van der Waals surface area contributed by atoms with Crippen LogP contribution in [0.1, 0.15) is 38.1 Å². The van der Waals surface area contributed by atoms with Gasteiger partial charge in [0.1, 0.15) is 0 Å². The highest BCUT2D eigenvalue weighted by molar-refractivity contribution is 6.31. The minimum absolute atomic E-state index is 0.0410. The summed E-state index contributed by atoms with van der Waals surface area (Å²) in [6.45, 7) is 8.78. The van der Waals surface area contributed by atoms with E-state index in [0.29, 0.717) is 17.5 Å². The van der Waals surface area contributed by atoms with Gasteiger partial charge in [0.25, 0.3) is 0 Å². The Balaban J connectivity index is 2.74. The first kappa shape index (κ1) is 17.3. The van der Waals surface area contributed by atoms with Gasteiger partial charge < -0.3 is 15.7 Å². The Morgan fingerprint density at radius 1 is 1.33 bits per heavy atom. The van der Waals surface area contributed by atoms with Crippen molar-refractivity contribution in [3.63, 3.8) is 0 Å².